The summed E-state index contributed by atoms with van der Waals surface area (Å²) in [4.78, 5) is 22.6. The summed E-state index contributed by atoms with van der Waals surface area (Å²) >= 11 is 6.09. The second-order valence-electron chi connectivity index (χ2n) is 5.45. The first-order valence-corrected chi connectivity index (χ1v) is 7.95. The van der Waals surface area contributed by atoms with Crippen molar-refractivity contribution in [3.05, 3.63) is 41.3 Å². The van der Waals surface area contributed by atoms with Crippen LogP contribution < -0.4 is 16.0 Å². The van der Waals surface area contributed by atoms with Crippen LogP contribution in [0.15, 0.2) is 30.6 Å². The highest BCUT2D eigenvalue weighted by Gasteiger charge is 2.18. The third-order valence-corrected chi connectivity index (χ3v) is 4.08. The Balaban J connectivity index is 1.88. The molecule has 1 aromatic carbocycles. The Labute approximate surface area is 139 Å². The first kappa shape index (κ1) is 15.6. The third kappa shape index (κ3) is 3.53. The summed E-state index contributed by atoms with van der Waals surface area (Å²) in [5.74, 6) is -0.289. The van der Waals surface area contributed by atoms with E-state index in [1.807, 2.05) is 12.1 Å². The molecule has 0 unspecified atom stereocenters. The third-order valence-electron chi connectivity index (χ3n) is 3.85. The molecule has 3 rings (SSSR count). The van der Waals surface area contributed by atoms with Crippen LogP contribution in [-0.4, -0.2) is 29.0 Å². The summed E-state index contributed by atoms with van der Waals surface area (Å²) in [6.45, 7) is 1.94. The molecule has 23 heavy (non-hydrogen) atoms. The second-order valence-corrected chi connectivity index (χ2v) is 5.89. The molecular formula is C16H18ClN5O. The fourth-order valence-corrected chi connectivity index (χ4v) is 2.90. The van der Waals surface area contributed by atoms with Crippen molar-refractivity contribution in [2.45, 2.75) is 19.3 Å². The maximum absolute atomic E-state index is 12.4. The van der Waals surface area contributed by atoms with Gasteiger partial charge in [0, 0.05) is 30.5 Å². The fourth-order valence-electron chi connectivity index (χ4n) is 2.72. The van der Waals surface area contributed by atoms with Gasteiger partial charge in [-0.05, 0) is 37.5 Å². The molecule has 1 saturated heterocycles. The van der Waals surface area contributed by atoms with Crippen LogP contribution in [0.1, 0.15) is 29.8 Å². The molecule has 0 spiro atoms. The monoisotopic (exact) mass is 331 g/mol. The number of nitrogens with two attached hydrogens (primary N) is 1. The molecule has 0 atom stereocenters. The summed E-state index contributed by atoms with van der Waals surface area (Å²) in [6.07, 6.45) is 6.42. The van der Waals surface area contributed by atoms with E-state index in [1.54, 1.807) is 6.07 Å². The molecule has 1 aromatic heterocycles. The van der Waals surface area contributed by atoms with E-state index in [9.17, 15) is 4.79 Å². The zero-order chi connectivity index (χ0) is 16.2. The lowest BCUT2D eigenvalue weighted by molar-refractivity contribution is 0.102. The van der Waals surface area contributed by atoms with Crippen LogP contribution in [0.5, 0.6) is 0 Å². The van der Waals surface area contributed by atoms with Crippen molar-refractivity contribution in [1.29, 1.82) is 0 Å². The van der Waals surface area contributed by atoms with E-state index >= 15 is 0 Å². The maximum atomic E-state index is 12.4. The van der Waals surface area contributed by atoms with Gasteiger partial charge in [0.25, 0.3) is 5.91 Å². The molecule has 0 aliphatic carbocycles. The van der Waals surface area contributed by atoms with Crippen molar-refractivity contribution in [2.75, 3.05) is 29.0 Å². The lowest BCUT2D eigenvalue weighted by atomic mass is 10.1. The van der Waals surface area contributed by atoms with Crippen LogP contribution in [0, 0.1) is 0 Å². The van der Waals surface area contributed by atoms with Crippen molar-refractivity contribution in [3.8, 4) is 0 Å². The Morgan fingerprint density at radius 1 is 1.17 bits per heavy atom. The molecule has 6 nitrogen and oxygen atoms in total. The summed E-state index contributed by atoms with van der Waals surface area (Å²) in [5.41, 5.74) is 7.45. The Morgan fingerprint density at radius 3 is 2.65 bits per heavy atom. The van der Waals surface area contributed by atoms with Gasteiger partial charge in [-0.15, -0.1) is 0 Å². The maximum Gasteiger partial charge on any atom is 0.278 e. The molecule has 7 heteroatoms. The Bertz CT molecular complexity index is 715. The van der Waals surface area contributed by atoms with Crippen LogP contribution in [0.3, 0.4) is 0 Å². The van der Waals surface area contributed by atoms with Gasteiger partial charge in [-0.3, -0.25) is 4.79 Å². The minimum atomic E-state index is -0.392. The highest BCUT2D eigenvalue weighted by molar-refractivity contribution is 6.31. The van der Waals surface area contributed by atoms with Gasteiger partial charge in [0.05, 0.1) is 11.4 Å². The fraction of sp³-hybridized carbons (Fsp3) is 0.312. The van der Waals surface area contributed by atoms with Crippen molar-refractivity contribution in [2.24, 2.45) is 0 Å². The van der Waals surface area contributed by atoms with Crippen molar-refractivity contribution in [1.82, 2.24) is 9.97 Å². The van der Waals surface area contributed by atoms with Crippen molar-refractivity contribution >= 4 is 34.7 Å². The quantitative estimate of drug-likeness (QED) is 0.903. The van der Waals surface area contributed by atoms with Crippen LogP contribution in [-0.2, 0) is 0 Å². The standard InChI is InChI=1S/C16H18ClN5O/c17-11-4-5-13(22-8-2-1-3-9-22)12(10-11)21-16(23)14-15(18)20-7-6-19-14/h4-7,10H,1-3,8-9H2,(H2,18,20)(H,21,23). The number of carbonyl (C=O) groups is 1. The zero-order valence-corrected chi connectivity index (χ0v) is 13.4. The van der Waals surface area contributed by atoms with E-state index < -0.39 is 5.91 Å². The van der Waals surface area contributed by atoms with Gasteiger partial charge < -0.3 is 16.0 Å². The molecule has 0 bridgehead atoms. The first-order valence-electron chi connectivity index (χ1n) is 7.57. The molecule has 0 radical (unpaired) electrons. The number of halogens is 1. The van der Waals surface area contributed by atoms with Gasteiger partial charge in [0.1, 0.15) is 0 Å². The molecule has 2 aromatic rings. The number of nitrogens with zero attached hydrogens (tertiary/aromatic N) is 3. The lowest BCUT2D eigenvalue weighted by Crippen LogP contribution is -2.30. The van der Waals surface area contributed by atoms with Crippen LogP contribution in [0.4, 0.5) is 17.2 Å². The number of hydrogen-bond donors (Lipinski definition) is 2. The SMILES string of the molecule is Nc1nccnc1C(=O)Nc1cc(Cl)ccc1N1CCCCC1. The minimum Gasteiger partial charge on any atom is -0.382 e. The average molecular weight is 332 g/mol. The molecule has 1 aliphatic rings. The first-order chi connectivity index (χ1) is 11.1. The topological polar surface area (TPSA) is 84.1 Å². The van der Waals surface area contributed by atoms with Gasteiger partial charge in [-0.1, -0.05) is 11.6 Å². The number of benzene rings is 1. The van der Waals surface area contributed by atoms with Crippen molar-refractivity contribution < 1.29 is 4.79 Å². The highest BCUT2D eigenvalue weighted by atomic mass is 35.5. The lowest BCUT2D eigenvalue weighted by Gasteiger charge is -2.30. The molecule has 1 fully saturated rings. The van der Waals surface area contributed by atoms with E-state index in [2.05, 4.69) is 20.2 Å². The van der Waals surface area contributed by atoms with Gasteiger partial charge >= 0.3 is 0 Å². The number of aromatic nitrogens is 2. The van der Waals surface area contributed by atoms with Gasteiger partial charge in [-0.2, -0.15) is 0 Å². The van der Waals surface area contributed by atoms with Crippen LogP contribution in [0.25, 0.3) is 0 Å². The molecular weight excluding hydrogens is 314 g/mol. The normalized spacial score (nSPS) is 14.6. The molecule has 0 saturated carbocycles. The molecule has 1 aliphatic heterocycles. The van der Waals surface area contributed by atoms with E-state index in [4.69, 9.17) is 17.3 Å². The van der Waals surface area contributed by atoms with Crippen LogP contribution in [0.2, 0.25) is 5.02 Å². The number of hydrogen-bond acceptors (Lipinski definition) is 5. The number of nitrogens with one attached hydrogen (secondary N) is 1. The summed E-state index contributed by atoms with van der Waals surface area (Å²) < 4.78 is 0. The zero-order valence-electron chi connectivity index (χ0n) is 12.6. The largest absolute Gasteiger partial charge is 0.382 e. The molecule has 1 amide bonds. The summed E-state index contributed by atoms with van der Waals surface area (Å²) in [7, 11) is 0. The minimum absolute atomic E-state index is 0.103. The number of piperidine rings is 1. The summed E-state index contributed by atoms with van der Waals surface area (Å²) in [5, 5.41) is 3.42. The molecule has 120 valence electrons. The Morgan fingerprint density at radius 2 is 1.91 bits per heavy atom. The number of carbonyl (C=O) groups excluding carboxylic acids is 1. The number of rotatable bonds is 3. The van der Waals surface area contributed by atoms with Crippen molar-refractivity contribution in [3.63, 3.8) is 0 Å². The van der Waals surface area contributed by atoms with Gasteiger partial charge in [0.2, 0.25) is 0 Å². The Hall–Kier alpha value is -2.34. The highest BCUT2D eigenvalue weighted by Crippen LogP contribution is 2.31. The number of amides is 1. The molecule has 3 N–H and O–H groups in total. The smallest absolute Gasteiger partial charge is 0.278 e. The predicted molar refractivity (Wildman–Crippen MR) is 91.9 cm³/mol. The van der Waals surface area contributed by atoms with E-state index in [0.29, 0.717) is 10.7 Å². The summed E-state index contributed by atoms with van der Waals surface area (Å²) in [6, 6.07) is 5.51. The van der Waals surface area contributed by atoms with E-state index in [-0.39, 0.29) is 11.5 Å². The average Bonchev–Trinajstić information content (AvgIpc) is 2.56. The van der Waals surface area contributed by atoms with Gasteiger partial charge in [-0.25, -0.2) is 9.97 Å². The van der Waals surface area contributed by atoms with Crippen LogP contribution >= 0.6 is 11.6 Å². The Kier molecular flexibility index (Phi) is 4.62. The predicted octanol–water partition coefficient (Wildman–Crippen LogP) is 2.95. The van der Waals surface area contributed by atoms with E-state index in [1.165, 1.54) is 18.8 Å². The van der Waals surface area contributed by atoms with E-state index in [0.717, 1.165) is 31.6 Å². The number of nitrogen functional groups attached to an aromatic ring is 1. The molecule has 2 heterocycles. The second kappa shape index (κ2) is 6.83. The van der Waals surface area contributed by atoms with Gasteiger partial charge in [0.15, 0.2) is 11.5 Å². The number of anilines is 3.